The highest BCUT2D eigenvalue weighted by Gasteiger charge is 2.00. The molecule has 0 aliphatic heterocycles. The van der Waals surface area contributed by atoms with Gasteiger partial charge in [0.25, 0.3) is 0 Å². The van der Waals surface area contributed by atoms with Crippen molar-refractivity contribution in [2.75, 3.05) is 33.0 Å². The minimum Gasteiger partial charge on any atom is -0.466 e. The summed E-state index contributed by atoms with van der Waals surface area (Å²) < 4.78 is 16.0. The maximum absolute atomic E-state index is 11.2. The van der Waals surface area contributed by atoms with Crippen LogP contribution in [0.3, 0.4) is 0 Å². The van der Waals surface area contributed by atoms with Crippen LogP contribution in [0.25, 0.3) is 0 Å². The molecule has 0 rings (SSSR count). The van der Waals surface area contributed by atoms with Crippen LogP contribution in [0.1, 0.15) is 123 Å². The topological polar surface area (TPSA) is 44.8 Å². The van der Waals surface area contributed by atoms with Gasteiger partial charge in [-0.15, -0.1) is 0 Å². The smallest absolute Gasteiger partial charge is 0.305 e. The Hall–Kier alpha value is -0.610. The summed E-state index contributed by atoms with van der Waals surface area (Å²) in [4.78, 5) is 11.2. The van der Waals surface area contributed by atoms with Gasteiger partial charge in [0.15, 0.2) is 0 Å². The van der Waals surface area contributed by atoms with Crippen LogP contribution in [0.2, 0.25) is 0 Å². The molecule has 4 heteroatoms. The van der Waals surface area contributed by atoms with E-state index in [4.69, 9.17) is 14.2 Å². The van der Waals surface area contributed by atoms with Gasteiger partial charge in [-0.1, -0.05) is 90.4 Å². The minimum atomic E-state index is -0.107. The number of esters is 1. The monoisotopic (exact) mass is 414 g/mol. The Labute approximate surface area is 181 Å². The Morgan fingerprint density at radius 3 is 1.38 bits per heavy atom. The van der Waals surface area contributed by atoms with Gasteiger partial charge in [0.1, 0.15) is 0 Å². The van der Waals surface area contributed by atoms with Gasteiger partial charge in [-0.3, -0.25) is 4.79 Å². The van der Waals surface area contributed by atoms with Gasteiger partial charge in [-0.2, -0.15) is 0 Å². The van der Waals surface area contributed by atoms with Crippen molar-refractivity contribution in [1.29, 1.82) is 0 Å². The number of hydrogen-bond acceptors (Lipinski definition) is 4. The SMILES string of the molecule is CCCCCCCCCCCCCCCCOCCOCCCCC(=O)OCC. The van der Waals surface area contributed by atoms with Crippen molar-refractivity contribution in [2.45, 2.75) is 123 Å². The molecule has 0 N–H and O–H groups in total. The summed E-state index contributed by atoms with van der Waals surface area (Å²) in [5.41, 5.74) is 0. The zero-order valence-corrected chi connectivity index (χ0v) is 19.7. The standard InChI is InChI=1S/C25H50O4/c1-3-5-6-7-8-9-10-11-12-13-14-15-16-18-21-27-23-24-28-22-19-17-20-25(26)29-4-2/h3-24H2,1-2H3. The molecule has 29 heavy (non-hydrogen) atoms. The fourth-order valence-corrected chi connectivity index (χ4v) is 3.43. The Bertz CT molecular complexity index is 320. The van der Waals surface area contributed by atoms with Crippen LogP contribution >= 0.6 is 0 Å². The molecule has 0 aromatic heterocycles. The van der Waals surface area contributed by atoms with E-state index in [0.717, 1.165) is 25.9 Å². The first-order valence-electron chi connectivity index (χ1n) is 12.6. The van der Waals surface area contributed by atoms with Crippen LogP contribution in [-0.4, -0.2) is 39.0 Å². The van der Waals surface area contributed by atoms with Gasteiger partial charge in [0.2, 0.25) is 0 Å². The molecule has 0 saturated heterocycles. The quantitative estimate of drug-likeness (QED) is 0.123. The first-order valence-corrected chi connectivity index (χ1v) is 12.6. The molecule has 0 aromatic carbocycles. The zero-order valence-electron chi connectivity index (χ0n) is 19.7. The number of carbonyl (C=O) groups excluding carboxylic acids is 1. The van der Waals surface area contributed by atoms with E-state index in [1.54, 1.807) is 0 Å². The van der Waals surface area contributed by atoms with Gasteiger partial charge >= 0.3 is 5.97 Å². The number of unbranched alkanes of at least 4 members (excludes halogenated alkanes) is 14. The van der Waals surface area contributed by atoms with Gasteiger partial charge in [0.05, 0.1) is 19.8 Å². The summed E-state index contributed by atoms with van der Waals surface area (Å²) >= 11 is 0. The van der Waals surface area contributed by atoms with Crippen LogP contribution in [0.5, 0.6) is 0 Å². The van der Waals surface area contributed by atoms with E-state index in [9.17, 15) is 4.79 Å². The molecule has 0 saturated carbocycles. The van der Waals surface area contributed by atoms with Crippen LogP contribution in [-0.2, 0) is 19.0 Å². The third-order valence-electron chi connectivity index (χ3n) is 5.24. The van der Waals surface area contributed by atoms with E-state index in [0.29, 0.717) is 32.8 Å². The van der Waals surface area contributed by atoms with Gasteiger partial charge in [-0.05, 0) is 26.2 Å². The van der Waals surface area contributed by atoms with E-state index in [-0.39, 0.29) is 5.97 Å². The van der Waals surface area contributed by atoms with Gasteiger partial charge in [0, 0.05) is 19.6 Å². The summed E-state index contributed by atoms with van der Waals surface area (Å²) in [6.07, 6.45) is 21.6. The Morgan fingerprint density at radius 2 is 0.931 bits per heavy atom. The van der Waals surface area contributed by atoms with Crippen molar-refractivity contribution in [3.05, 3.63) is 0 Å². The van der Waals surface area contributed by atoms with Crippen molar-refractivity contribution >= 4 is 5.97 Å². The lowest BCUT2D eigenvalue weighted by Gasteiger charge is -2.06. The lowest BCUT2D eigenvalue weighted by atomic mass is 10.0. The summed E-state index contributed by atoms with van der Waals surface area (Å²) in [6, 6.07) is 0. The number of rotatable bonds is 24. The van der Waals surface area contributed by atoms with E-state index >= 15 is 0 Å². The Balaban J connectivity index is 3.02. The maximum Gasteiger partial charge on any atom is 0.305 e. The third kappa shape index (κ3) is 25.4. The predicted molar refractivity (Wildman–Crippen MR) is 122 cm³/mol. The van der Waals surface area contributed by atoms with E-state index < -0.39 is 0 Å². The molecule has 0 aliphatic carbocycles. The average molecular weight is 415 g/mol. The molecule has 0 heterocycles. The van der Waals surface area contributed by atoms with Crippen LogP contribution in [0.4, 0.5) is 0 Å². The van der Waals surface area contributed by atoms with Crippen molar-refractivity contribution in [3.8, 4) is 0 Å². The summed E-state index contributed by atoms with van der Waals surface area (Å²) in [5, 5.41) is 0. The van der Waals surface area contributed by atoms with Crippen LogP contribution in [0.15, 0.2) is 0 Å². The second-order valence-electron chi connectivity index (χ2n) is 8.08. The third-order valence-corrected chi connectivity index (χ3v) is 5.24. The van der Waals surface area contributed by atoms with E-state index in [1.165, 1.54) is 83.5 Å². The van der Waals surface area contributed by atoms with Crippen molar-refractivity contribution in [3.63, 3.8) is 0 Å². The fraction of sp³-hybridized carbons (Fsp3) is 0.960. The average Bonchev–Trinajstić information content (AvgIpc) is 2.72. The molecular formula is C25H50O4. The molecule has 174 valence electrons. The Kier molecular flexibility index (Phi) is 24.9. The number of carbonyl (C=O) groups is 1. The largest absolute Gasteiger partial charge is 0.466 e. The first-order chi connectivity index (χ1) is 14.3. The van der Waals surface area contributed by atoms with Gasteiger partial charge < -0.3 is 14.2 Å². The van der Waals surface area contributed by atoms with Crippen molar-refractivity contribution in [2.24, 2.45) is 0 Å². The summed E-state index contributed by atoms with van der Waals surface area (Å²) in [6.45, 7) is 7.45. The molecule has 0 unspecified atom stereocenters. The van der Waals surface area contributed by atoms with Crippen molar-refractivity contribution in [1.82, 2.24) is 0 Å². The molecule has 0 radical (unpaired) electrons. The second kappa shape index (κ2) is 25.4. The molecular weight excluding hydrogens is 364 g/mol. The molecule has 0 fully saturated rings. The summed E-state index contributed by atoms with van der Waals surface area (Å²) in [5.74, 6) is -0.107. The highest BCUT2D eigenvalue weighted by molar-refractivity contribution is 5.69. The van der Waals surface area contributed by atoms with Crippen LogP contribution in [0, 0.1) is 0 Å². The molecule has 0 aliphatic rings. The molecule has 4 nitrogen and oxygen atoms in total. The Morgan fingerprint density at radius 1 is 0.517 bits per heavy atom. The van der Waals surface area contributed by atoms with Crippen LogP contribution < -0.4 is 0 Å². The molecule has 0 atom stereocenters. The second-order valence-corrected chi connectivity index (χ2v) is 8.08. The predicted octanol–water partition coefficient (Wildman–Crippen LogP) is 7.23. The van der Waals surface area contributed by atoms with E-state index in [1.807, 2.05) is 6.92 Å². The highest BCUT2D eigenvalue weighted by atomic mass is 16.5. The maximum atomic E-state index is 11.2. The fourth-order valence-electron chi connectivity index (χ4n) is 3.43. The minimum absolute atomic E-state index is 0.107. The molecule has 0 amide bonds. The number of ether oxygens (including phenoxy) is 3. The van der Waals surface area contributed by atoms with E-state index in [2.05, 4.69) is 6.92 Å². The molecule has 0 bridgehead atoms. The lowest BCUT2D eigenvalue weighted by Crippen LogP contribution is -2.07. The molecule has 0 aromatic rings. The zero-order chi connectivity index (χ0) is 21.3. The summed E-state index contributed by atoms with van der Waals surface area (Å²) in [7, 11) is 0. The first kappa shape index (κ1) is 28.4. The normalized spacial score (nSPS) is 11.1. The van der Waals surface area contributed by atoms with Crippen molar-refractivity contribution < 1.29 is 19.0 Å². The number of hydrogen-bond donors (Lipinski definition) is 0. The highest BCUT2D eigenvalue weighted by Crippen LogP contribution is 2.12. The lowest BCUT2D eigenvalue weighted by molar-refractivity contribution is -0.143. The van der Waals surface area contributed by atoms with Gasteiger partial charge in [-0.25, -0.2) is 0 Å². The molecule has 0 spiro atoms.